The van der Waals surface area contributed by atoms with Crippen molar-refractivity contribution in [1.29, 1.82) is 0 Å². The molecular weight excluding hydrogens is 309 g/mol. The molecular formula is C17H14FN5O. The van der Waals surface area contributed by atoms with Gasteiger partial charge in [0.1, 0.15) is 17.4 Å². The van der Waals surface area contributed by atoms with Crippen molar-refractivity contribution >= 4 is 11.5 Å². The lowest BCUT2D eigenvalue weighted by Gasteiger charge is -2.16. The van der Waals surface area contributed by atoms with E-state index in [-0.39, 0.29) is 5.82 Å². The van der Waals surface area contributed by atoms with E-state index in [1.165, 1.54) is 12.1 Å². The van der Waals surface area contributed by atoms with Gasteiger partial charge in [0.25, 0.3) is 0 Å². The van der Waals surface area contributed by atoms with Crippen molar-refractivity contribution < 1.29 is 8.81 Å². The number of furan rings is 1. The Morgan fingerprint density at radius 1 is 1.12 bits per heavy atom. The van der Waals surface area contributed by atoms with Crippen molar-refractivity contribution in [3.05, 3.63) is 66.4 Å². The van der Waals surface area contributed by atoms with Crippen LogP contribution in [0.2, 0.25) is 0 Å². The molecule has 0 spiro atoms. The molecule has 0 aliphatic carbocycles. The van der Waals surface area contributed by atoms with Crippen LogP contribution < -0.4 is 4.90 Å². The summed E-state index contributed by atoms with van der Waals surface area (Å²) in [6.07, 6.45) is 1.64. The largest absolute Gasteiger partial charge is 0.467 e. The minimum atomic E-state index is -0.324. The summed E-state index contributed by atoms with van der Waals surface area (Å²) in [6, 6.07) is 13.7. The molecule has 120 valence electrons. The Kier molecular flexibility index (Phi) is 3.45. The zero-order chi connectivity index (χ0) is 16.5. The minimum absolute atomic E-state index is 0.324. The Morgan fingerprint density at radius 2 is 2.04 bits per heavy atom. The van der Waals surface area contributed by atoms with Gasteiger partial charge in [-0.1, -0.05) is 12.1 Å². The molecule has 0 atom stereocenters. The molecule has 0 aliphatic heterocycles. The molecule has 3 aromatic heterocycles. The maximum absolute atomic E-state index is 13.5. The van der Waals surface area contributed by atoms with E-state index in [0.29, 0.717) is 23.6 Å². The van der Waals surface area contributed by atoms with Crippen LogP contribution in [0.1, 0.15) is 5.76 Å². The molecule has 0 radical (unpaired) electrons. The highest BCUT2D eigenvalue weighted by Crippen LogP contribution is 2.20. The van der Waals surface area contributed by atoms with Gasteiger partial charge in [0.15, 0.2) is 11.5 Å². The Bertz CT molecular complexity index is 980. The number of hydrogen-bond acceptors (Lipinski definition) is 5. The first kappa shape index (κ1) is 14.4. The summed E-state index contributed by atoms with van der Waals surface area (Å²) in [5.74, 6) is 1.75. The molecule has 6 nitrogen and oxygen atoms in total. The van der Waals surface area contributed by atoms with E-state index in [1.807, 2.05) is 36.2 Å². The third kappa shape index (κ3) is 2.60. The third-order valence-corrected chi connectivity index (χ3v) is 3.70. The average Bonchev–Trinajstić information content (AvgIpc) is 3.23. The molecule has 0 amide bonds. The van der Waals surface area contributed by atoms with E-state index in [1.54, 1.807) is 22.9 Å². The van der Waals surface area contributed by atoms with E-state index in [0.717, 1.165) is 11.6 Å². The van der Waals surface area contributed by atoms with Crippen LogP contribution >= 0.6 is 0 Å². The standard InChI is InChI=1S/C17H14FN5O/c1-22(11-14-6-3-9-24-14)16-8-7-15-19-20-17(23(15)21-16)12-4-2-5-13(18)10-12/h2-10H,11H2,1H3. The van der Waals surface area contributed by atoms with Crippen molar-refractivity contribution in [3.63, 3.8) is 0 Å². The molecule has 0 fully saturated rings. The van der Waals surface area contributed by atoms with Crippen molar-refractivity contribution in [2.75, 3.05) is 11.9 Å². The fourth-order valence-corrected chi connectivity index (χ4v) is 2.51. The number of fused-ring (bicyclic) bond motifs is 1. The second-order valence-electron chi connectivity index (χ2n) is 5.43. The molecule has 4 rings (SSSR count). The number of nitrogens with zero attached hydrogens (tertiary/aromatic N) is 5. The molecule has 0 saturated carbocycles. The fraction of sp³-hybridized carbons (Fsp3) is 0.118. The van der Waals surface area contributed by atoms with Crippen molar-refractivity contribution in [3.8, 4) is 11.4 Å². The van der Waals surface area contributed by atoms with E-state index in [9.17, 15) is 4.39 Å². The smallest absolute Gasteiger partial charge is 0.185 e. The van der Waals surface area contributed by atoms with Gasteiger partial charge in [0.05, 0.1) is 12.8 Å². The SMILES string of the molecule is CN(Cc1ccco1)c1ccc2nnc(-c3cccc(F)c3)n2n1. The van der Waals surface area contributed by atoms with Crippen LogP contribution in [0.3, 0.4) is 0 Å². The maximum atomic E-state index is 13.5. The fourth-order valence-electron chi connectivity index (χ4n) is 2.51. The maximum Gasteiger partial charge on any atom is 0.185 e. The normalized spacial score (nSPS) is 11.1. The molecule has 4 aromatic rings. The first-order valence-electron chi connectivity index (χ1n) is 7.42. The lowest BCUT2D eigenvalue weighted by molar-refractivity contribution is 0.506. The van der Waals surface area contributed by atoms with E-state index >= 15 is 0 Å². The van der Waals surface area contributed by atoms with Gasteiger partial charge < -0.3 is 9.32 Å². The predicted octanol–water partition coefficient (Wildman–Crippen LogP) is 3.16. The van der Waals surface area contributed by atoms with Gasteiger partial charge in [0.2, 0.25) is 0 Å². The lowest BCUT2D eigenvalue weighted by Crippen LogP contribution is -2.18. The van der Waals surface area contributed by atoms with Gasteiger partial charge in [-0.2, -0.15) is 4.52 Å². The first-order chi connectivity index (χ1) is 11.7. The highest BCUT2D eigenvalue weighted by Gasteiger charge is 2.13. The molecule has 0 saturated heterocycles. The Labute approximate surface area is 137 Å². The minimum Gasteiger partial charge on any atom is -0.467 e. The van der Waals surface area contributed by atoms with Crippen LogP contribution in [0, 0.1) is 5.82 Å². The summed E-state index contributed by atoms with van der Waals surface area (Å²) in [7, 11) is 1.92. The van der Waals surface area contributed by atoms with Gasteiger partial charge in [-0.25, -0.2) is 4.39 Å². The lowest BCUT2D eigenvalue weighted by atomic mass is 10.2. The van der Waals surface area contributed by atoms with Gasteiger partial charge in [-0.15, -0.1) is 15.3 Å². The Hall–Kier alpha value is -3.22. The van der Waals surface area contributed by atoms with Crippen LogP contribution in [0.25, 0.3) is 17.0 Å². The summed E-state index contributed by atoms with van der Waals surface area (Å²) < 4.78 is 20.5. The molecule has 0 unspecified atom stereocenters. The third-order valence-electron chi connectivity index (χ3n) is 3.70. The van der Waals surface area contributed by atoms with E-state index in [2.05, 4.69) is 15.3 Å². The predicted molar refractivity (Wildman–Crippen MR) is 87.0 cm³/mol. The molecule has 0 N–H and O–H groups in total. The number of hydrogen-bond donors (Lipinski definition) is 0. The van der Waals surface area contributed by atoms with Gasteiger partial charge >= 0.3 is 0 Å². The molecule has 7 heteroatoms. The quantitative estimate of drug-likeness (QED) is 0.577. The van der Waals surface area contributed by atoms with E-state index in [4.69, 9.17) is 4.42 Å². The number of rotatable bonds is 4. The average molecular weight is 323 g/mol. The topological polar surface area (TPSA) is 59.5 Å². The number of aromatic nitrogens is 4. The molecule has 3 heterocycles. The summed E-state index contributed by atoms with van der Waals surface area (Å²) in [5, 5.41) is 12.8. The van der Waals surface area contributed by atoms with Crippen LogP contribution in [0.4, 0.5) is 10.2 Å². The summed E-state index contributed by atoms with van der Waals surface area (Å²) in [4.78, 5) is 1.95. The van der Waals surface area contributed by atoms with Crippen molar-refractivity contribution in [2.45, 2.75) is 6.54 Å². The zero-order valence-electron chi connectivity index (χ0n) is 12.9. The summed E-state index contributed by atoms with van der Waals surface area (Å²) >= 11 is 0. The van der Waals surface area contributed by atoms with Crippen molar-refractivity contribution in [1.82, 2.24) is 19.8 Å². The highest BCUT2D eigenvalue weighted by atomic mass is 19.1. The molecule has 0 bridgehead atoms. The first-order valence-corrected chi connectivity index (χ1v) is 7.42. The number of halogens is 1. The van der Waals surface area contributed by atoms with Gasteiger partial charge in [0, 0.05) is 12.6 Å². The van der Waals surface area contributed by atoms with Crippen LogP contribution in [-0.2, 0) is 6.54 Å². The molecule has 24 heavy (non-hydrogen) atoms. The highest BCUT2D eigenvalue weighted by molar-refractivity contribution is 5.59. The summed E-state index contributed by atoms with van der Waals surface area (Å²) in [6.45, 7) is 0.586. The van der Waals surface area contributed by atoms with Crippen LogP contribution in [0.15, 0.2) is 59.2 Å². The summed E-state index contributed by atoms with van der Waals surface area (Å²) in [5.41, 5.74) is 1.23. The van der Waals surface area contributed by atoms with Gasteiger partial charge in [-0.05, 0) is 36.4 Å². The second kappa shape index (κ2) is 5.77. The van der Waals surface area contributed by atoms with Gasteiger partial charge in [-0.3, -0.25) is 0 Å². The molecule has 1 aromatic carbocycles. The number of benzene rings is 1. The van der Waals surface area contributed by atoms with E-state index < -0.39 is 0 Å². The molecule has 0 aliphatic rings. The number of anilines is 1. The Morgan fingerprint density at radius 3 is 2.83 bits per heavy atom. The van der Waals surface area contributed by atoms with Crippen LogP contribution in [0.5, 0.6) is 0 Å². The Balaban J connectivity index is 1.73. The van der Waals surface area contributed by atoms with Crippen LogP contribution in [-0.4, -0.2) is 26.9 Å². The van der Waals surface area contributed by atoms with Crippen molar-refractivity contribution in [2.24, 2.45) is 0 Å². The second-order valence-corrected chi connectivity index (χ2v) is 5.43. The zero-order valence-corrected chi connectivity index (χ0v) is 12.9. The monoisotopic (exact) mass is 323 g/mol.